The third kappa shape index (κ3) is 4.89. The summed E-state index contributed by atoms with van der Waals surface area (Å²) >= 11 is 0. The number of amides is 2. The largest absolute Gasteiger partial charge is 0.459 e. The number of hydrogen-bond donors (Lipinski definition) is 0. The van der Waals surface area contributed by atoms with E-state index in [1.54, 1.807) is 21.9 Å². The number of furan rings is 1. The first kappa shape index (κ1) is 22.7. The molecule has 1 aliphatic heterocycles. The highest BCUT2D eigenvalue weighted by Crippen LogP contribution is 2.25. The lowest BCUT2D eigenvalue weighted by molar-refractivity contribution is 0.0518. The topological polar surface area (TPSA) is 71.6 Å². The van der Waals surface area contributed by atoms with Crippen LogP contribution in [0.1, 0.15) is 37.6 Å². The van der Waals surface area contributed by atoms with E-state index in [1.807, 2.05) is 42.1 Å². The van der Waals surface area contributed by atoms with Crippen molar-refractivity contribution in [1.29, 1.82) is 0 Å². The maximum atomic E-state index is 13.6. The summed E-state index contributed by atoms with van der Waals surface area (Å²) in [7, 11) is 0. The van der Waals surface area contributed by atoms with Crippen LogP contribution in [0.25, 0.3) is 11.3 Å². The van der Waals surface area contributed by atoms with Crippen LogP contribution in [0.2, 0.25) is 0 Å². The monoisotopic (exact) mass is 468 g/mol. The zero-order chi connectivity index (χ0) is 24.4. The summed E-state index contributed by atoms with van der Waals surface area (Å²) in [6.07, 6.45) is 3.34. The summed E-state index contributed by atoms with van der Waals surface area (Å²) in [5.74, 6) is 0.109. The average Bonchev–Trinajstić information content (AvgIpc) is 3.56. The number of aromatic nitrogens is 2. The van der Waals surface area contributed by atoms with E-state index in [0.29, 0.717) is 49.7 Å². The third-order valence-corrected chi connectivity index (χ3v) is 6.37. The van der Waals surface area contributed by atoms with E-state index in [1.165, 1.54) is 11.8 Å². The first-order valence-corrected chi connectivity index (χ1v) is 11.8. The van der Waals surface area contributed by atoms with Gasteiger partial charge < -0.3 is 14.2 Å². The van der Waals surface area contributed by atoms with Crippen molar-refractivity contribution >= 4 is 11.8 Å². The summed E-state index contributed by atoms with van der Waals surface area (Å²) < 4.78 is 7.08. The van der Waals surface area contributed by atoms with Gasteiger partial charge in [0.05, 0.1) is 18.4 Å². The Labute approximate surface area is 204 Å². The van der Waals surface area contributed by atoms with Crippen molar-refractivity contribution in [2.45, 2.75) is 20.4 Å². The molecule has 0 N–H and O–H groups in total. The Morgan fingerprint density at radius 2 is 1.43 bits per heavy atom. The number of aryl methyl sites for hydroxylation is 2. The molecule has 0 atom stereocenters. The minimum atomic E-state index is -0.145. The normalized spacial score (nSPS) is 13.8. The second-order valence-corrected chi connectivity index (χ2v) is 9.00. The van der Waals surface area contributed by atoms with Gasteiger partial charge >= 0.3 is 0 Å². The Bertz CT molecular complexity index is 1310. The van der Waals surface area contributed by atoms with Gasteiger partial charge in [-0.2, -0.15) is 5.10 Å². The number of rotatable bonds is 5. The van der Waals surface area contributed by atoms with Gasteiger partial charge in [0.25, 0.3) is 11.8 Å². The Balaban J connectivity index is 1.37. The highest BCUT2D eigenvalue weighted by molar-refractivity contribution is 6.00. The number of benzene rings is 2. The Morgan fingerprint density at radius 1 is 0.829 bits per heavy atom. The molecule has 35 heavy (non-hydrogen) atoms. The van der Waals surface area contributed by atoms with Gasteiger partial charge in [0, 0.05) is 37.9 Å². The molecule has 0 spiro atoms. The van der Waals surface area contributed by atoms with Crippen LogP contribution >= 0.6 is 0 Å². The number of piperazine rings is 1. The molecule has 0 saturated carbocycles. The van der Waals surface area contributed by atoms with Crippen LogP contribution in [0.4, 0.5) is 0 Å². The molecule has 5 rings (SSSR count). The SMILES string of the molecule is Cc1ccc(Cn2cc(C(=O)N3CCN(C(=O)c4ccco4)CC3)c(-c3ccc(C)cc3)n2)cc1. The predicted octanol–water partition coefficient (Wildman–Crippen LogP) is 4.41. The van der Waals surface area contributed by atoms with Crippen molar-refractivity contribution in [3.63, 3.8) is 0 Å². The fraction of sp³-hybridized carbons (Fsp3) is 0.250. The first-order valence-electron chi connectivity index (χ1n) is 11.8. The van der Waals surface area contributed by atoms with Crippen molar-refractivity contribution < 1.29 is 14.0 Å². The molecule has 2 aromatic heterocycles. The average molecular weight is 469 g/mol. The van der Waals surface area contributed by atoms with Crippen LogP contribution in [-0.4, -0.2) is 57.6 Å². The first-order chi connectivity index (χ1) is 17.0. The van der Waals surface area contributed by atoms with Crippen LogP contribution in [0.5, 0.6) is 0 Å². The van der Waals surface area contributed by atoms with E-state index >= 15 is 0 Å². The molecule has 0 bridgehead atoms. The predicted molar refractivity (Wildman–Crippen MR) is 133 cm³/mol. The number of carbonyl (C=O) groups excluding carboxylic acids is 2. The standard InChI is InChI=1S/C28H28N4O3/c1-20-5-9-22(10-6-20)18-32-19-24(26(29-32)23-11-7-21(2)8-12-23)27(33)30-13-15-31(16-14-30)28(34)25-4-3-17-35-25/h3-12,17,19H,13-16,18H2,1-2H3. The summed E-state index contributed by atoms with van der Waals surface area (Å²) in [6, 6.07) is 19.8. The molecule has 1 saturated heterocycles. The molecular formula is C28H28N4O3. The number of hydrogen-bond acceptors (Lipinski definition) is 4. The van der Waals surface area contributed by atoms with Crippen LogP contribution in [-0.2, 0) is 6.54 Å². The van der Waals surface area contributed by atoms with Gasteiger partial charge in [0.15, 0.2) is 5.76 Å². The van der Waals surface area contributed by atoms with Crippen molar-refractivity contribution in [3.8, 4) is 11.3 Å². The van der Waals surface area contributed by atoms with Crippen molar-refractivity contribution in [2.75, 3.05) is 26.2 Å². The highest BCUT2D eigenvalue weighted by atomic mass is 16.3. The van der Waals surface area contributed by atoms with E-state index in [4.69, 9.17) is 9.52 Å². The van der Waals surface area contributed by atoms with Gasteiger partial charge in [-0.25, -0.2) is 0 Å². The van der Waals surface area contributed by atoms with Crippen molar-refractivity contribution in [2.24, 2.45) is 0 Å². The zero-order valence-electron chi connectivity index (χ0n) is 20.0. The smallest absolute Gasteiger partial charge is 0.289 e. The third-order valence-electron chi connectivity index (χ3n) is 6.37. The minimum absolute atomic E-state index is 0.0687. The van der Waals surface area contributed by atoms with E-state index in [2.05, 4.69) is 31.2 Å². The molecule has 178 valence electrons. The molecule has 7 nitrogen and oxygen atoms in total. The van der Waals surface area contributed by atoms with Gasteiger partial charge in [-0.15, -0.1) is 0 Å². The van der Waals surface area contributed by atoms with E-state index in [-0.39, 0.29) is 11.8 Å². The lowest BCUT2D eigenvalue weighted by Crippen LogP contribution is -2.50. The van der Waals surface area contributed by atoms with E-state index in [9.17, 15) is 9.59 Å². The molecule has 0 radical (unpaired) electrons. The highest BCUT2D eigenvalue weighted by Gasteiger charge is 2.29. The lowest BCUT2D eigenvalue weighted by atomic mass is 10.1. The lowest BCUT2D eigenvalue weighted by Gasteiger charge is -2.34. The molecule has 0 aliphatic carbocycles. The van der Waals surface area contributed by atoms with Crippen molar-refractivity contribution in [1.82, 2.24) is 19.6 Å². The second-order valence-electron chi connectivity index (χ2n) is 9.00. The summed E-state index contributed by atoms with van der Waals surface area (Å²) in [5, 5.41) is 4.81. The van der Waals surface area contributed by atoms with E-state index < -0.39 is 0 Å². The Morgan fingerprint density at radius 3 is 2.03 bits per heavy atom. The van der Waals surface area contributed by atoms with Crippen LogP contribution in [0, 0.1) is 13.8 Å². The maximum absolute atomic E-state index is 13.6. The second kappa shape index (κ2) is 9.62. The van der Waals surface area contributed by atoms with Gasteiger partial charge in [-0.3, -0.25) is 14.3 Å². The molecule has 0 unspecified atom stereocenters. The fourth-order valence-corrected chi connectivity index (χ4v) is 4.30. The molecule has 2 aromatic carbocycles. The van der Waals surface area contributed by atoms with Gasteiger partial charge in [0.2, 0.25) is 0 Å². The maximum Gasteiger partial charge on any atom is 0.289 e. The fourth-order valence-electron chi connectivity index (χ4n) is 4.30. The van der Waals surface area contributed by atoms with E-state index in [0.717, 1.165) is 16.7 Å². The van der Waals surface area contributed by atoms with Gasteiger partial charge in [-0.1, -0.05) is 59.7 Å². The molecule has 1 aliphatic rings. The number of carbonyl (C=O) groups is 2. The summed E-state index contributed by atoms with van der Waals surface area (Å²) in [5.41, 5.74) is 5.64. The van der Waals surface area contributed by atoms with Crippen molar-refractivity contribution in [3.05, 3.63) is 101 Å². The molecule has 4 aromatic rings. The van der Waals surface area contributed by atoms with Crippen LogP contribution in [0.3, 0.4) is 0 Å². The molecule has 7 heteroatoms. The molecular weight excluding hydrogens is 440 g/mol. The van der Waals surface area contributed by atoms with Gasteiger partial charge in [-0.05, 0) is 31.5 Å². The summed E-state index contributed by atoms with van der Waals surface area (Å²) in [6.45, 7) is 6.52. The Kier molecular flexibility index (Phi) is 6.23. The Hall–Kier alpha value is -4.13. The minimum Gasteiger partial charge on any atom is -0.459 e. The summed E-state index contributed by atoms with van der Waals surface area (Å²) in [4.78, 5) is 29.7. The molecule has 3 heterocycles. The zero-order valence-corrected chi connectivity index (χ0v) is 20.0. The van der Waals surface area contributed by atoms with Gasteiger partial charge in [0.1, 0.15) is 5.69 Å². The molecule has 2 amide bonds. The van der Waals surface area contributed by atoms with Crippen LogP contribution < -0.4 is 0 Å². The molecule has 1 fully saturated rings. The quantitative estimate of drug-likeness (QED) is 0.435. The number of nitrogens with zero attached hydrogens (tertiary/aromatic N) is 4. The van der Waals surface area contributed by atoms with Crippen LogP contribution in [0.15, 0.2) is 77.5 Å².